The molecule has 0 fully saturated rings. The third kappa shape index (κ3) is 3.60. The first-order chi connectivity index (χ1) is 13.1. The van der Waals surface area contributed by atoms with Crippen molar-refractivity contribution in [2.45, 2.75) is 19.9 Å². The maximum atomic E-state index is 11.4. The Morgan fingerprint density at radius 2 is 1.70 bits per heavy atom. The smallest absolute Gasteiger partial charge is 0.335 e. The molecule has 0 aliphatic rings. The highest BCUT2D eigenvalue weighted by Gasteiger charge is 2.14. The number of nitrogens with zero attached hydrogens (tertiary/aromatic N) is 2. The molecule has 1 heterocycles. The quantitative estimate of drug-likeness (QED) is 0.565. The summed E-state index contributed by atoms with van der Waals surface area (Å²) < 4.78 is 2.12. The van der Waals surface area contributed by atoms with Gasteiger partial charge < -0.3 is 9.67 Å². The van der Waals surface area contributed by atoms with Gasteiger partial charge in [-0.2, -0.15) is 0 Å². The average molecular weight is 356 g/mol. The molecule has 3 aromatic carbocycles. The molecule has 1 aromatic heterocycles. The SMILES string of the molecule is Cc1ccc(Cc2nc3ccc(C(=O)O)cc3n2Cc2ccccc2)cc1. The molecule has 0 aliphatic heterocycles. The minimum atomic E-state index is -0.926. The third-order valence-electron chi connectivity index (χ3n) is 4.74. The van der Waals surface area contributed by atoms with Crippen molar-refractivity contribution in [3.63, 3.8) is 0 Å². The van der Waals surface area contributed by atoms with Crippen molar-refractivity contribution in [3.05, 3.63) is 101 Å². The summed E-state index contributed by atoms with van der Waals surface area (Å²) in [5.41, 5.74) is 5.51. The molecule has 0 atom stereocenters. The second kappa shape index (κ2) is 7.08. The van der Waals surface area contributed by atoms with E-state index in [9.17, 15) is 9.90 Å². The first kappa shape index (κ1) is 17.0. The summed E-state index contributed by atoms with van der Waals surface area (Å²) in [6.07, 6.45) is 0.699. The molecule has 0 amide bonds. The first-order valence-electron chi connectivity index (χ1n) is 8.92. The van der Waals surface area contributed by atoms with Crippen LogP contribution in [-0.4, -0.2) is 20.6 Å². The van der Waals surface area contributed by atoms with Gasteiger partial charge in [-0.25, -0.2) is 9.78 Å². The predicted octanol–water partition coefficient (Wildman–Crippen LogP) is 4.68. The van der Waals surface area contributed by atoms with E-state index in [4.69, 9.17) is 4.98 Å². The van der Waals surface area contributed by atoms with Gasteiger partial charge in [0.1, 0.15) is 5.82 Å². The molecule has 27 heavy (non-hydrogen) atoms. The second-order valence-electron chi connectivity index (χ2n) is 6.77. The lowest BCUT2D eigenvalue weighted by Gasteiger charge is -2.10. The fourth-order valence-corrected chi connectivity index (χ4v) is 3.27. The van der Waals surface area contributed by atoms with Crippen LogP contribution >= 0.6 is 0 Å². The predicted molar refractivity (Wildman–Crippen MR) is 106 cm³/mol. The van der Waals surface area contributed by atoms with Gasteiger partial charge in [0, 0.05) is 13.0 Å². The van der Waals surface area contributed by atoms with E-state index in [1.807, 2.05) is 18.2 Å². The van der Waals surface area contributed by atoms with Crippen LogP contribution in [-0.2, 0) is 13.0 Å². The lowest BCUT2D eigenvalue weighted by atomic mass is 10.1. The highest BCUT2D eigenvalue weighted by Crippen LogP contribution is 2.22. The zero-order valence-corrected chi connectivity index (χ0v) is 15.1. The van der Waals surface area contributed by atoms with Crippen molar-refractivity contribution in [3.8, 4) is 0 Å². The minimum absolute atomic E-state index is 0.276. The molecule has 0 radical (unpaired) electrons. The number of carboxylic acid groups (broad SMARTS) is 1. The highest BCUT2D eigenvalue weighted by molar-refractivity contribution is 5.92. The van der Waals surface area contributed by atoms with Crippen LogP contribution in [0.25, 0.3) is 11.0 Å². The molecule has 0 saturated heterocycles. The topological polar surface area (TPSA) is 55.1 Å². The van der Waals surface area contributed by atoms with Crippen LogP contribution in [0.5, 0.6) is 0 Å². The largest absolute Gasteiger partial charge is 0.478 e. The van der Waals surface area contributed by atoms with Gasteiger partial charge in [-0.3, -0.25) is 0 Å². The lowest BCUT2D eigenvalue weighted by Crippen LogP contribution is -2.06. The Balaban J connectivity index is 1.81. The lowest BCUT2D eigenvalue weighted by molar-refractivity contribution is 0.0697. The second-order valence-corrected chi connectivity index (χ2v) is 6.77. The number of benzene rings is 3. The molecule has 134 valence electrons. The minimum Gasteiger partial charge on any atom is -0.478 e. The molecule has 0 bridgehead atoms. The van der Waals surface area contributed by atoms with Crippen LogP contribution in [0.1, 0.15) is 32.9 Å². The Kier molecular flexibility index (Phi) is 4.47. The van der Waals surface area contributed by atoms with Crippen LogP contribution < -0.4 is 0 Å². The maximum absolute atomic E-state index is 11.4. The summed E-state index contributed by atoms with van der Waals surface area (Å²) in [6.45, 7) is 2.73. The maximum Gasteiger partial charge on any atom is 0.335 e. The third-order valence-corrected chi connectivity index (χ3v) is 4.74. The fourth-order valence-electron chi connectivity index (χ4n) is 3.27. The van der Waals surface area contributed by atoms with Crippen molar-refractivity contribution in [2.75, 3.05) is 0 Å². The summed E-state index contributed by atoms with van der Waals surface area (Å²) in [5, 5.41) is 9.36. The number of carboxylic acids is 1. The van der Waals surface area contributed by atoms with Crippen LogP contribution in [0.15, 0.2) is 72.8 Å². The van der Waals surface area contributed by atoms with E-state index in [1.165, 1.54) is 11.1 Å². The zero-order valence-electron chi connectivity index (χ0n) is 15.1. The van der Waals surface area contributed by atoms with Gasteiger partial charge in [0.05, 0.1) is 16.6 Å². The highest BCUT2D eigenvalue weighted by atomic mass is 16.4. The van der Waals surface area contributed by atoms with Gasteiger partial charge in [-0.15, -0.1) is 0 Å². The van der Waals surface area contributed by atoms with E-state index in [0.717, 1.165) is 22.4 Å². The zero-order chi connectivity index (χ0) is 18.8. The van der Waals surface area contributed by atoms with Gasteiger partial charge in [0.15, 0.2) is 0 Å². The molecular weight excluding hydrogens is 336 g/mol. The average Bonchev–Trinajstić information content (AvgIpc) is 3.01. The number of imidazole rings is 1. The summed E-state index contributed by atoms with van der Waals surface area (Å²) in [4.78, 5) is 16.2. The van der Waals surface area contributed by atoms with Gasteiger partial charge in [-0.1, -0.05) is 60.2 Å². The molecule has 0 saturated carbocycles. The van der Waals surface area contributed by atoms with Crippen LogP contribution in [0.3, 0.4) is 0 Å². The Bertz CT molecular complexity index is 1100. The summed E-state index contributed by atoms with van der Waals surface area (Å²) >= 11 is 0. The Hall–Kier alpha value is -3.40. The number of aromatic carboxylic acids is 1. The molecule has 0 spiro atoms. The van der Waals surface area contributed by atoms with E-state index < -0.39 is 5.97 Å². The number of rotatable bonds is 5. The summed E-state index contributed by atoms with van der Waals surface area (Å²) in [5.74, 6) is 0.00434. The van der Waals surface area contributed by atoms with Gasteiger partial charge in [0.2, 0.25) is 0 Å². The monoisotopic (exact) mass is 356 g/mol. The molecule has 4 aromatic rings. The number of carbonyl (C=O) groups is 1. The van der Waals surface area contributed by atoms with Crippen LogP contribution in [0.4, 0.5) is 0 Å². The van der Waals surface area contributed by atoms with Gasteiger partial charge in [0.25, 0.3) is 0 Å². The van der Waals surface area contributed by atoms with E-state index in [1.54, 1.807) is 18.2 Å². The fraction of sp³-hybridized carbons (Fsp3) is 0.130. The molecular formula is C23H20N2O2. The Morgan fingerprint density at radius 1 is 0.963 bits per heavy atom. The molecule has 0 unspecified atom stereocenters. The van der Waals surface area contributed by atoms with Crippen molar-refractivity contribution >= 4 is 17.0 Å². The molecule has 0 aliphatic carbocycles. The number of hydrogen-bond acceptors (Lipinski definition) is 2. The molecule has 1 N–H and O–H groups in total. The Labute approximate surface area is 157 Å². The Morgan fingerprint density at radius 3 is 2.41 bits per heavy atom. The van der Waals surface area contributed by atoms with Crippen molar-refractivity contribution in [2.24, 2.45) is 0 Å². The van der Waals surface area contributed by atoms with Crippen LogP contribution in [0.2, 0.25) is 0 Å². The standard InChI is InChI=1S/C23H20N2O2/c1-16-7-9-17(10-8-16)13-22-24-20-12-11-19(23(26)27)14-21(20)25(22)15-18-5-3-2-4-6-18/h2-12,14H,13,15H2,1H3,(H,26,27). The number of aryl methyl sites for hydroxylation is 1. The van der Waals surface area contributed by atoms with Gasteiger partial charge >= 0.3 is 5.97 Å². The number of hydrogen-bond donors (Lipinski definition) is 1. The number of fused-ring (bicyclic) bond motifs is 1. The number of aromatic nitrogens is 2. The summed E-state index contributed by atoms with van der Waals surface area (Å²) in [6, 6.07) is 23.7. The first-order valence-corrected chi connectivity index (χ1v) is 8.92. The van der Waals surface area contributed by atoms with Crippen molar-refractivity contribution in [1.29, 1.82) is 0 Å². The van der Waals surface area contributed by atoms with E-state index in [0.29, 0.717) is 13.0 Å². The molecule has 4 heteroatoms. The van der Waals surface area contributed by atoms with Crippen molar-refractivity contribution in [1.82, 2.24) is 9.55 Å². The van der Waals surface area contributed by atoms with E-state index >= 15 is 0 Å². The van der Waals surface area contributed by atoms with Gasteiger partial charge in [-0.05, 0) is 36.2 Å². The van der Waals surface area contributed by atoms with E-state index in [-0.39, 0.29) is 5.56 Å². The normalized spacial score (nSPS) is 11.0. The molecule has 4 rings (SSSR count). The van der Waals surface area contributed by atoms with Crippen molar-refractivity contribution < 1.29 is 9.90 Å². The van der Waals surface area contributed by atoms with E-state index in [2.05, 4.69) is 47.9 Å². The van der Waals surface area contributed by atoms with Crippen LogP contribution in [0, 0.1) is 6.92 Å². The summed E-state index contributed by atoms with van der Waals surface area (Å²) in [7, 11) is 0. The molecule has 4 nitrogen and oxygen atoms in total.